The fourth-order valence-corrected chi connectivity index (χ4v) is 6.27. The standard InChI is InChI=1S/C39H55N3O10/c1-12-27(13-2)49-30-20-26(19-25(31(30)41-24(8)43)18-23(7)40-38(48)52-39(9,10)11)35(46)50-37(22(5)6)51-36(47)32(21(3)4)42-33(44)28-16-14-15-17-29(28)34(42)45/h14-17,20-22,25,27,30-32,37H,7,12-13,18-19H2,1-6,8-11H3,(H,40,48)(H,41,43)/t25-,30+,31+,32?,37?/m0/s1. The highest BCUT2D eigenvalue weighted by atomic mass is 16.7. The van der Waals surface area contributed by atoms with Gasteiger partial charge >= 0.3 is 18.0 Å². The van der Waals surface area contributed by atoms with Crippen LogP contribution in [-0.4, -0.2) is 76.8 Å². The average molecular weight is 726 g/mol. The Kier molecular flexibility index (Phi) is 14.3. The minimum absolute atomic E-state index is 0.101. The van der Waals surface area contributed by atoms with Gasteiger partial charge in [0.15, 0.2) is 0 Å². The Morgan fingerprint density at radius 2 is 1.52 bits per heavy atom. The number of nitrogens with one attached hydrogen (secondary N) is 2. The van der Waals surface area contributed by atoms with Gasteiger partial charge in [0.05, 0.1) is 29.4 Å². The predicted molar refractivity (Wildman–Crippen MR) is 193 cm³/mol. The fraction of sp³-hybridized carbons (Fsp3) is 0.590. The zero-order valence-electron chi connectivity index (χ0n) is 32.1. The minimum Gasteiger partial charge on any atom is -0.444 e. The van der Waals surface area contributed by atoms with Gasteiger partial charge in [-0.05, 0) is 76.5 Å². The first-order chi connectivity index (χ1) is 24.3. The van der Waals surface area contributed by atoms with Crippen molar-refractivity contribution in [3.05, 3.63) is 59.3 Å². The van der Waals surface area contributed by atoms with E-state index in [9.17, 15) is 28.8 Å². The van der Waals surface area contributed by atoms with Crippen molar-refractivity contribution in [2.75, 3.05) is 0 Å². The second kappa shape index (κ2) is 17.8. The number of esters is 2. The number of nitrogens with zero attached hydrogens (tertiary/aromatic N) is 1. The molecule has 2 N–H and O–H groups in total. The molecule has 0 bridgehead atoms. The molecule has 4 amide bonds. The molecule has 1 aliphatic carbocycles. The number of ether oxygens (including phenoxy) is 4. The second-order valence-electron chi connectivity index (χ2n) is 15.0. The van der Waals surface area contributed by atoms with Gasteiger partial charge in [0, 0.05) is 24.1 Å². The van der Waals surface area contributed by atoms with Gasteiger partial charge in [-0.15, -0.1) is 0 Å². The summed E-state index contributed by atoms with van der Waals surface area (Å²) in [5.41, 5.74) is 0.187. The Hall–Kier alpha value is -4.52. The molecule has 0 radical (unpaired) electrons. The lowest BCUT2D eigenvalue weighted by atomic mass is 9.79. The summed E-state index contributed by atoms with van der Waals surface area (Å²) >= 11 is 0. The summed E-state index contributed by atoms with van der Waals surface area (Å²) < 4.78 is 23.4. The first-order valence-electron chi connectivity index (χ1n) is 18.0. The van der Waals surface area contributed by atoms with E-state index in [1.165, 1.54) is 19.1 Å². The lowest BCUT2D eigenvalue weighted by Gasteiger charge is -2.39. The smallest absolute Gasteiger partial charge is 0.411 e. The quantitative estimate of drug-likeness (QED) is 0.128. The van der Waals surface area contributed by atoms with Gasteiger partial charge in [0.2, 0.25) is 12.2 Å². The molecule has 286 valence electrons. The van der Waals surface area contributed by atoms with Crippen LogP contribution in [0.2, 0.25) is 0 Å². The van der Waals surface area contributed by atoms with Crippen LogP contribution in [0.1, 0.15) is 116 Å². The van der Waals surface area contributed by atoms with Crippen LogP contribution >= 0.6 is 0 Å². The number of hydrogen-bond donors (Lipinski definition) is 2. The van der Waals surface area contributed by atoms with E-state index >= 15 is 0 Å². The molecule has 52 heavy (non-hydrogen) atoms. The lowest BCUT2D eigenvalue weighted by molar-refractivity contribution is -0.197. The van der Waals surface area contributed by atoms with Crippen LogP contribution in [0.3, 0.4) is 0 Å². The number of imide groups is 1. The van der Waals surface area contributed by atoms with Crippen LogP contribution in [-0.2, 0) is 33.3 Å². The van der Waals surface area contributed by atoms with Crippen molar-refractivity contribution in [1.29, 1.82) is 0 Å². The van der Waals surface area contributed by atoms with Crippen molar-refractivity contribution in [2.45, 2.75) is 131 Å². The molecular weight excluding hydrogens is 670 g/mol. The maximum Gasteiger partial charge on any atom is 0.411 e. The summed E-state index contributed by atoms with van der Waals surface area (Å²) in [5.74, 6) is -4.68. The van der Waals surface area contributed by atoms with Gasteiger partial charge in [-0.25, -0.2) is 14.4 Å². The van der Waals surface area contributed by atoms with Crippen molar-refractivity contribution in [1.82, 2.24) is 15.5 Å². The van der Waals surface area contributed by atoms with E-state index < -0.39 is 77.7 Å². The summed E-state index contributed by atoms with van der Waals surface area (Å²) in [6, 6.07) is 4.48. The molecule has 1 heterocycles. The number of hydrogen-bond acceptors (Lipinski definition) is 10. The first-order valence-corrected chi connectivity index (χ1v) is 18.0. The maximum atomic E-state index is 13.9. The zero-order chi connectivity index (χ0) is 39.1. The van der Waals surface area contributed by atoms with Crippen molar-refractivity contribution in [3.8, 4) is 0 Å². The summed E-state index contributed by atoms with van der Waals surface area (Å²) in [4.78, 5) is 80.0. The van der Waals surface area contributed by atoms with Crippen LogP contribution in [0.25, 0.3) is 0 Å². The van der Waals surface area contributed by atoms with Crippen molar-refractivity contribution >= 4 is 35.8 Å². The molecule has 0 fully saturated rings. The maximum absolute atomic E-state index is 13.9. The molecule has 3 rings (SSSR count). The van der Waals surface area contributed by atoms with Crippen molar-refractivity contribution in [3.63, 3.8) is 0 Å². The zero-order valence-corrected chi connectivity index (χ0v) is 32.1. The lowest BCUT2D eigenvalue weighted by Crippen LogP contribution is -2.52. The van der Waals surface area contributed by atoms with Crippen molar-refractivity contribution in [2.24, 2.45) is 17.8 Å². The van der Waals surface area contributed by atoms with E-state index in [4.69, 9.17) is 18.9 Å². The summed E-state index contributed by atoms with van der Waals surface area (Å²) in [5, 5.41) is 5.61. The molecule has 1 aromatic rings. The van der Waals surface area contributed by atoms with Gasteiger partial charge < -0.3 is 24.3 Å². The predicted octanol–water partition coefficient (Wildman–Crippen LogP) is 5.83. The second-order valence-corrected chi connectivity index (χ2v) is 15.0. The van der Waals surface area contributed by atoms with E-state index in [0.29, 0.717) is 18.5 Å². The van der Waals surface area contributed by atoms with Crippen molar-refractivity contribution < 1.29 is 47.7 Å². The van der Waals surface area contributed by atoms with Crippen LogP contribution < -0.4 is 10.6 Å². The van der Waals surface area contributed by atoms with Crippen LogP contribution in [0.4, 0.5) is 4.79 Å². The third-order valence-electron chi connectivity index (χ3n) is 8.76. The fourth-order valence-electron chi connectivity index (χ4n) is 6.27. The largest absolute Gasteiger partial charge is 0.444 e. The Labute approximate surface area is 306 Å². The van der Waals surface area contributed by atoms with Gasteiger partial charge in [0.1, 0.15) is 11.6 Å². The summed E-state index contributed by atoms with van der Waals surface area (Å²) in [6.45, 7) is 21.3. The van der Waals surface area contributed by atoms with Gasteiger partial charge in [-0.3, -0.25) is 24.6 Å². The molecule has 0 spiro atoms. The van der Waals surface area contributed by atoms with Gasteiger partial charge in [0.25, 0.3) is 11.8 Å². The molecule has 0 saturated heterocycles. The normalized spacial score (nSPS) is 19.9. The highest BCUT2D eigenvalue weighted by Gasteiger charge is 2.46. The third kappa shape index (κ3) is 10.8. The molecule has 2 unspecified atom stereocenters. The number of allylic oxidation sites excluding steroid dienone is 1. The number of carbonyl (C=O) groups excluding carboxylic acids is 6. The third-order valence-corrected chi connectivity index (χ3v) is 8.76. The van der Waals surface area contributed by atoms with E-state index in [1.807, 2.05) is 13.8 Å². The Bertz CT molecular complexity index is 1520. The molecule has 2 aliphatic rings. The Morgan fingerprint density at radius 1 is 0.942 bits per heavy atom. The SMILES string of the molecule is C=C(C[C@H]1CC(C(=O)OC(OC(=O)C(C(C)C)N2C(=O)c3ccccc3C2=O)C(C)C)=C[C@@H](OC(CC)CC)[C@@H]1NC(C)=O)NC(=O)OC(C)(C)C. The Morgan fingerprint density at radius 3 is 2.00 bits per heavy atom. The number of benzene rings is 1. The summed E-state index contributed by atoms with van der Waals surface area (Å²) in [7, 11) is 0. The molecule has 1 aliphatic heterocycles. The summed E-state index contributed by atoms with van der Waals surface area (Å²) in [6.07, 6.45) is 0.260. The van der Waals surface area contributed by atoms with Gasteiger partial charge in [-0.1, -0.05) is 60.3 Å². The molecule has 13 nitrogen and oxygen atoms in total. The number of amides is 4. The molecule has 0 saturated carbocycles. The van der Waals surface area contributed by atoms with Crippen LogP contribution in [0, 0.1) is 17.8 Å². The van der Waals surface area contributed by atoms with Crippen LogP contribution in [0.15, 0.2) is 48.2 Å². The first kappa shape index (κ1) is 41.9. The Balaban J connectivity index is 1.89. The number of alkyl carbamates (subject to hydrolysis) is 1. The minimum atomic E-state index is -1.37. The molecule has 13 heteroatoms. The molecule has 0 aromatic heterocycles. The monoisotopic (exact) mass is 725 g/mol. The average Bonchev–Trinajstić information content (AvgIpc) is 3.28. The number of rotatable bonds is 15. The highest BCUT2D eigenvalue weighted by molar-refractivity contribution is 6.22. The number of fused-ring (bicyclic) bond motifs is 1. The van der Waals surface area contributed by atoms with E-state index in [0.717, 1.165) is 4.90 Å². The number of carbonyl (C=O) groups is 6. The van der Waals surface area contributed by atoms with E-state index in [1.54, 1.807) is 66.7 Å². The van der Waals surface area contributed by atoms with Gasteiger partial charge in [-0.2, -0.15) is 0 Å². The van der Waals surface area contributed by atoms with E-state index in [-0.39, 0.29) is 41.6 Å². The van der Waals surface area contributed by atoms with Crippen LogP contribution in [0.5, 0.6) is 0 Å². The topological polar surface area (TPSA) is 167 Å². The molecular formula is C39H55N3O10. The van der Waals surface area contributed by atoms with E-state index in [2.05, 4.69) is 17.2 Å². The molecule has 5 atom stereocenters. The highest BCUT2D eigenvalue weighted by Crippen LogP contribution is 2.34. The molecule has 1 aromatic carbocycles.